The number of alkyl halides is 1. The quantitative estimate of drug-likeness (QED) is 0.716. The highest BCUT2D eigenvalue weighted by Crippen LogP contribution is 2.19. The van der Waals surface area contributed by atoms with Gasteiger partial charge in [0.15, 0.2) is 11.6 Å². The molecule has 19 heavy (non-hydrogen) atoms. The van der Waals surface area contributed by atoms with E-state index in [4.69, 9.17) is 4.74 Å². The molecule has 1 rings (SSSR count). The van der Waals surface area contributed by atoms with Crippen LogP contribution in [0.3, 0.4) is 0 Å². The SMILES string of the molecule is CCCCN(CCBr)C(=O)c1ccc(OC)c(F)c1. The number of halogens is 2. The smallest absolute Gasteiger partial charge is 0.253 e. The van der Waals surface area contributed by atoms with Crippen molar-refractivity contribution in [1.29, 1.82) is 0 Å². The Morgan fingerprint density at radius 3 is 2.68 bits per heavy atom. The van der Waals surface area contributed by atoms with Crippen LogP contribution < -0.4 is 4.74 Å². The van der Waals surface area contributed by atoms with Crippen molar-refractivity contribution >= 4 is 21.8 Å². The van der Waals surface area contributed by atoms with E-state index in [0.29, 0.717) is 24.0 Å². The van der Waals surface area contributed by atoms with Gasteiger partial charge in [-0.2, -0.15) is 0 Å². The predicted octanol–water partition coefficient (Wildman–Crippen LogP) is 3.47. The van der Waals surface area contributed by atoms with Crippen LogP contribution >= 0.6 is 15.9 Å². The van der Waals surface area contributed by atoms with Gasteiger partial charge in [0.25, 0.3) is 5.91 Å². The van der Waals surface area contributed by atoms with Gasteiger partial charge in [0.1, 0.15) is 0 Å². The van der Waals surface area contributed by atoms with Gasteiger partial charge in [0.2, 0.25) is 0 Å². The summed E-state index contributed by atoms with van der Waals surface area (Å²) in [4.78, 5) is 14.0. The number of hydrogen-bond donors (Lipinski definition) is 0. The van der Waals surface area contributed by atoms with Crippen molar-refractivity contribution in [3.63, 3.8) is 0 Å². The van der Waals surface area contributed by atoms with Crippen molar-refractivity contribution in [2.45, 2.75) is 19.8 Å². The fourth-order valence-corrected chi connectivity index (χ4v) is 2.18. The van der Waals surface area contributed by atoms with Crippen LogP contribution in [-0.4, -0.2) is 36.3 Å². The van der Waals surface area contributed by atoms with Gasteiger partial charge in [0.05, 0.1) is 7.11 Å². The summed E-state index contributed by atoms with van der Waals surface area (Å²) < 4.78 is 18.5. The van der Waals surface area contributed by atoms with E-state index >= 15 is 0 Å². The lowest BCUT2D eigenvalue weighted by atomic mass is 10.1. The van der Waals surface area contributed by atoms with E-state index in [1.165, 1.54) is 19.2 Å². The third-order valence-corrected chi connectivity index (χ3v) is 3.18. The molecule has 0 N–H and O–H groups in total. The molecule has 0 radical (unpaired) electrons. The molecule has 0 atom stereocenters. The Morgan fingerprint density at radius 2 is 2.16 bits per heavy atom. The van der Waals surface area contributed by atoms with Gasteiger partial charge in [-0.3, -0.25) is 4.79 Å². The van der Waals surface area contributed by atoms with E-state index in [1.54, 1.807) is 11.0 Å². The van der Waals surface area contributed by atoms with Crippen LogP contribution in [-0.2, 0) is 0 Å². The van der Waals surface area contributed by atoms with Gasteiger partial charge < -0.3 is 9.64 Å². The molecule has 1 aromatic rings. The highest BCUT2D eigenvalue weighted by atomic mass is 79.9. The molecule has 0 saturated carbocycles. The van der Waals surface area contributed by atoms with Crippen LogP contribution in [0.25, 0.3) is 0 Å². The molecule has 0 bridgehead atoms. The molecule has 1 aromatic carbocycles. The lowest BCUT2D eigenvalue weighted by molar-refractivity contribution is 0.0763. The number of ether oxygens (including phenoxy) is 1. The maximum atomic E-state index is 13.6. The number of carbonyl (C=O) groups excluding carboxylic acids is 1. The monoisotopic (exact) mass is 331 g/mol. The van der Waals surface area contributed by atoms with E-state index in [1.807, 2.05) is 0 Å². The summed E-state index contributed by atoms with van der Waals surface area (Å²) in [5.74, 6) is -0.505. The van der Waals surface area contributed by atoms with Crippen molar-refractivity contribution in [2.24, 2.45) is 0 Å². The molecule has 0 spiro atoms. The second-order valence-electron chi connectivity index (χ2n) is 4.18. The summed E-state index contributed by atoms with van der Waals surface area (Å²) in [6.07, 6.45) is 1.96. The van der Waals surface area contributed by atoms with Gasteiger partial charge >= 0.3 is 0 Å². The Balaban J connectivity index is 2.86. The highest BCUT2D eigenvalue weighted by Gasteiger charge is 2.16. The van der Waals surface area contributed by atoms with Crippen LogP contribution in [0.4, 0.5) is 4.39 Å². The zero-order valence-electron chi connectivity index (χ0n) is 11.3. The first-order valence-corrected chi connectivity index (χ1v) is 7.45. The molecule has 0 aliphatic rings. The molecule has 0 fully saturated rings. The maximum Gasteiger partial charge on any atom is 0.253 e. The number of nitrogens with zero attached hydrogens (tertiary/aromatic N) is 1. The van der Waals surface area contributed by atoms with Crippen molar-refractivity contribution in [3.8, 4) is 5.75 Å². The van der Waals surface area contributed by atoms with E-state index in [0.717, 1.165) is 12.8 Å². The van der Waals surface area contributed by atoms with Crippen LogP contribution in [0, 0.1) is 5.82 Å². The number of methoxy groups -OCH3 is 1. The lowest BCUT2D eigenvalue weighted by Gasteiger charge is -2.21. The predicted molar refractivity (Wildman–Crippen MR) is 77.6 cm³/mol. The summed E-state index contributed by atoms with van der Waals surface area (Å²) in [6.45, 7) is 3.38. The molecule has 0 aliphatic carbocycles. The van der Waals surface area contributed by atoms with E-state index in [9.17, 15) is 9.18 Å². The number of amides is 1. The molecule has 0 unspecified atom stereocenters. The van der Waals surface area contributed by atoms with E-state index < -0.39 is 5.82 Å². The minimum atomic E-state index is -0.511. The molecule has 0 aliphatic heterocycles. The van der Waals surface area contributed by atoms with E-state index in [-0.39, 0.29) is 11.7 Å². The maximum absolute atomic E-state index is 13.6. The lowest BCUT2D eigenvalue weighted by Crippen LogP contribution is -2.33. The molecule has 0 heterocycles. The van der Waals surface area contributed by atoms with Gasteiger partial charge in [-0.15, -0.1) is 0 Å². The molecule has 1 amide bonds. The Morgan fingerprint density at radius 1 is 1.42 bits per heavy atom. The summed E-state index contributed by atoms with van der Waals surface area (Å²) in [5, 5.41) is 0.709. The van der Waals surface area contributed by atoms with Crippen LogP contribution in [0.15, 0.2) is 18.2 Å². The third-order valence-electron chi connectivity index (χ3n) is 2.82. The van der Waals surface area contributed by atoms with Gasteiger partial charge in [-0.05, 0) is 24.6 Å². The van der Waals surface area contributed by atoms with Gasteiger partial charge in [-0.1, -0.05) is 29.3 Å². The minimum absolute atomic E-state index is 0.144. The summed E-state index contributed by atoms with van der Waals surface area (Å²) >= 11 is 3.33. The first-order valence-electron chi connectivity index (χ1n) is 6.32. The molecule has 3 nitrogen and oxygen atoms in total. The van der Waals surface area contributed by atoms with Crippen LogP contribution in [0.1, 0.15) is 30.1 Å². The Kier molecular flexibility index (Phi) is 6.84. The summed E-state index contributed by atoms with van der Waals surface area (Å²) in [6, 6.07) is 4.31. The normalized spacial score (nSPS) is 10.3. The zero-order chi connectivity index (χ0) is 14.3. The number of unbranched alkanes of at least 4 members (excludes halogenated alkanes) is 1. The third kappa shape index (κ3) is 4.49. The average molecular weight is 332 g/mol. The van der Waals surface area contributed by atoms with Crippen molar-refractivity contribution < 1.29 is 13.9 Å². The standard InChI is InChI=1S/C14H19BrFNO2/c1-3-4-8-17(9-7-15)14(18)11-5-6-13(19-2)12(16)10-11/h5-6,10H,3-4,7-9H2,1-2H3. The molecular formula is C14H19BrFNO2. The fourth-order valence-electron chi connectivity index (χ4n) is 1.75. The molecular weight excluding hydrogens is 313 g/mol. The first kappa shape index (κ1) is 16.0. The van der Waals surface area contributed by atoms with Gasteiger partial charge in [-0.25, -0.2) is 4.39 Å². The Bertz CT molecular complexity index is 426. The Labute approximate surface area is 121 Å². The topological polar surface area (TPSA) is 29.5 Å². The highest BCUT2D eigenvalue weighted by molar-refractivity contribution is 9.09. The minimum Gasteiger partial charge on any atom is -0.494 e. The van der Waals surface area contributed by atoms with E-state index in [2.05, 4.69) is 22.9 Å². The largest absolute Gasteiger partial charge is 0.494 e. The van der Waals surface area contributed by atoms with Crippen molar-refractivity contribution in [3.05, 3.63) is 29.6 Å². The second-order valence-corrected chi connectivity index (χ2v) is 4.98. The molecule has 0 aromatic heterocycles. The molecule has 5 heteroatoms. The second kappa shape index (κ2) is 8.15. The van der Waals surface area contributed by atoms with Crippen LogP contribution in [0.2, 0.25) is 0 Å². The summed E-state index contributed by atoms with van der Waals surface area (Å²) in [7, 11) is 1.40. The Hall–Kier alpha value is -1.10. The average Bonchev–Trinajstić information content (AvgIpc) is 2.42. The number of carbonyl (C=O) groups is 1. The number of benzene rings is 1. The van der Waals surface area contributed by atoms with Gasteiger partial charge in [0, 0.05) is 24.0 Å². The molecule has 106 valence electrons. The van der Waals surface area contributed by atoms with Crippen LogP contribution in [0.5, 0.6) is 5.75 Å². The number of hydrogen-bond acceptors (Lipinski definition) is 2. The van der Waals surface area contributed by atoms with Crippen molar-refractivity contribution in [2.75, 3.05) is 25.5 Å². The first-order chi connectivity index (χ1) is 9.13. The van der Waals surface area contributed by atoms with Crippen molar-refractivity contribution in [1.82, 2.24) is 4.90 Å². The molecule has 0 saturated heterocycles. The fraction of sp³-hybridized carbons (Fsp3) is 0.500. The number of rotatable bonds is 7. The zero-order valence-corrected chi connectivity index (χ0v) is 12.9. The summed E-state index contributed by atoms with van der Waals surface area (Å²) in [5.41, 5.74) is 0.357.